The van der Waals surface area contributed by atoms with Crippen molar-refractivity contribution in [2.24, 2.45) is 0 Å². The van der Waals surface area contributed by atoms with Crippen LogP contribution in [0.15, 0.2) is 12.1 Å². The molecule has 110 valence electrons. The minimum Gasteiger partial charge on any atom is -0.383 e. The second-order valence-electron chi connectivity index (χ2n) is 4.39. The molecule has 4 nitrogen and oxygen atoms in total. The van der Waals surface area contributed by atoms with Gasteiger partial charge >= 0.3 is 0 Å². The van der Waals surface area contributed by atoms with Crippen molar-refractivity contribution in [2.45, 2.75) is 13.0 Å². The summed E-state index contributed by atoms with van der Waals surface area (Å²) < 4.78 is 38.1. The molecule has 0 bridgehead atoms. The third kappa shape index (κ3) is 3.89. The maximum atomic E-state index is 14.1. The smallest absolute Gasteiger partial charge is 0.150 e. The molecule has 0 spiro atoms. The molecule has 6 heteroatoms. The van der Waals surface area contributed by atoms with Gasteiger partial charge in [0.1, 0.15) is 5.69 Å². The Morgan fingerprint density at radius 1 is 1.25 bits per heavy atom. The van der Waals surface area contributed by atoms with Crippen molar-refractivity contribution in [3.63, 3.8) is 0 Å². The number of halogens is 2. The van der Waals surface area contributed by atoms with E-state index in [2.05, 4.69) is 0 Å². The highest BCUT2D eigenvalue weighted by Crippen LogP contribution is 2.26. The summed E-state index contributed by atoms with van der Waals surface area (Å²) in [5.74, 6) is -1.53. The number of benzene rings is 1. The monoisotopic (exact) mass is 284 g/mol. The second kappa shape index (κ2) is 7.78. The van der Waals surface area contributed by atoms with E-state index < -0.39 is 11.6 Å². The molecule has 0 saturated heterocycles. The van der Waals surface area contributed by atoms with Crippen molar-refractivity contribution in [1.29, 1.82) is 5.26 Å². The first-order valence-electron chi connectivity index (χ1n) is 6.18. The molecule has 0 amide bonds. The van der Waals surface area contributed by atoms with Crippen LogP contribution in [-0.4, -0.2) is 40.0 Å². The third-order valence-electron chi connectivity index (χ3n) is 2.91. The number of nitrogens with zero attached hydrogens (tertiary/aromatic N) is 2. The molecule has 0 aromatic heterocycles. The fraction of sp³-hybridized carbons (Fsp3) is 0.500. The van der Waals surface area contributed by atoms with Crippen molar-refractivity contribution in [3.8, 4) is 6.07 Å². The maximum absolute atomic E-state index is 14.1. The number of nitriles is 1. The van der Waals surface area contributed by atoms with Crippen LogP contribution in [0.4, 0.5) is 14.5 Å². The molecule has 1 aromatic carbocycles. The van der Waals surface area contributed by atoms with E-state index in [1.165, 1.54) is 14.2 Å². The third-order valence-corrected chi connectivity index (χ3v) is 2.91. The molecule has 0 aliphatic heterocycles. The number of rotatable bonds is 7. The van der Waals surface area contributed by atoms with Gasteiger partial charge in [0.25, 0.3) is 0 Å². The minimum atomic E-state index is -0.763. The average Bonchev–Trinajstić information content (AvgIpc) is 2.41. The van der Waals surface area contributed by atoms with Crippen LogP contribution in [0.2, 0.25) is 0 Å². The molecule has 1 aromatic rings. The van der Waals surface area contributed by atoms with E-state index in [0.717, 1.165) is 12.1 Å². The fourth-order valence-electron chi connectivity index (χ4n) is 1.98. The number of hydrogen-bond acceptors (Lipinski definition) is 4. The SMILES string of the molecule is COCCN(c1c(F)cc(C#N)cc1F)C(C)COC. The van der Waals surface area contributed by atoms with Crippen LogP contribution in [0.1, 0.15) is 12.5 Å². The molecule has 0 radical (unpaired) electrons. The highest BCUT2D eigenvalue weighted by Gasteiger charge is 2.22. The van der Waals surface area contributed by atoms with Gasteiger partial charge in [0.05, 0.1) is 24.8 Å². The fourth-order valence-corrected chi connectivity index (χ4v) is 1.98. The van der Waals surface area contributed by atoms with Crippen molar-refractivity contribution >= 4 is 5.69 Å². The zero-order valence-corrected chi connectivity index (χ0v) is 11.8. The number of ether oxygens (including phenoxy) is 2. The van der Waals surface area contributed by atoms with Crippen LogP contribution in [0.25, 0.3) is 0 Å². The summed E-state index contributed by atoms with van der Waals surface area (Å²) in [6.45, 7) is 2.77. The molecule has 1 atom stereocenters. The Kier molecular flexibility index (Phi) is 6.36. The Bertz CT molecular complexity index is 466. The Morgan fingerprint density at radius 3 is 2.30 bits per heavy atom. The molecule has 1 rings (SSSR count). The van der Waals surface area contributed by atoms with Gasteiger partial charge in [-0.2, -0.15) is 5.26 Å². The largest absolute Gasteiger partial charge is 0.383 e. The summed E-state index contributed by atoms with van der Waals surface area (Å²) >= 11 is 0. The molecule has 0 aliphatic carbocycles. The van der Waals surface area contributed by atoms with Gasteiger partial charge < -0.3 is 14.4 Å². The quantitative estimate of drug-likeness (QED) is 0.771. The van der Waals surface area contributed by atoms with E-state index in [-0.39, 0.29) is 17.3 Å². The molecule has 0 fully saturated rings. The standard InChI is InChI=1S/C14H18F2N2O2/c1-10(9-20-3)18(4-5-19-2)14-12(15)6-11(8-17)7-13(14)16/h6-7,10H,4-5,9H2,1-3H3. The molecular weight excluding hydrogens is 266 g/mol. The van der Waals surface area contributed by atoms with E-state index in [1.54, 1.807) is 17.9 Å². The van der Waals surface area contributed by atoms with Crippen molar-refractivity contribution in [1.82, 2.24) is 0 Å². The van der Waals surface area contributed by atoms with Crippen molar-refractivity contribution < 1.29 is 18.3 Å². The van der Waals surface area contributed by atoms with Crippen LogP contribution in [0.5, 0.6) is 0 Å². The summed E-state index contributed by atoms with van der Waals surface area (Å²) in [6.07, 6.45) is 0. The lowest BCUT2D eigenvalue weighted by Gasteiger charge is -2.31. The predicted molar refractivity (Wildman–Crippen MR) is 71.6 cm³/mol. The van der Waals surface area contributed by atoms with Gasteiger partial charge in [0.2, 0.25) is 0 Å². The van der Waals surface area contributed by atoms with Crippen LogP contribution in [0.3, 0.4) is 0 Å². The van der Waals surface area contributed by atoms with Gasteiger partial charge in [-0.05, 0) is 19.1 Å². The first-order chi connectivity index (χ1) is 9.54. The van der Waals surface area contributed by atoms with Crippen LogP contribution in [-0.2, 0) is 9.47 Å². The van der Waals surface area contributed by atoms with E-state index >= 15 is 0 Å². The van der Waals surface area contributed by atoms with Crippen LogP contribution < -0.4 is 4.90 Å². The Balaban J connectivity index is 3.16. The minimum absolute atomic E-state index is 0.0464. The van der Waals surface area contributed by atoms with Gasteiger partial charge in [-0.25, -0.2) is 8.78 Å². The van der Waals surface area contributed by atoms with Crippen LogP contribution >= 0.6 is 0 Å². The predicted octanol–water partition coefficient (Wildman–Crippen LogP) is 2.32. The first-order valence-corrected chi connectivity index (χ1v) is 6.18. The highest BCUT2D eigenvalue weighted by atomic mass is 19.1. The Labute approximate surface area is 117 Å². The summed E-state index contributed by atoms with van der Waals surface area (Å²) in [5, 5.41) is 8.71. The van der Waals surface area contributed by atoms with Gasteiger partial charge in [-0.1, -0.05) is 0 Å². The Morgan fingerprint density at radius 2 is 1.85 bits per heavy atom. The Hall–Kier alpha value is -1.71. The molecule has 0 aliphatic rings. The van der Waals surface area contributed by atoms with E-state index in [0.29, 0.717) is 19.8 Å². The summed E-state index contributed by atoms with van der Waals surface area (Å²) in [6, 6.07) is 3.55. The van der Waals surface area contributed by atoms with Gasteiger partial charge in [-0.3, -0.25) is 0 Å². The highest BCUT2D eigenvalue weighted by molar-refractivity contribution is 5.53. The zero-order valence-electron chi connectivity index (χ0n) is 11.8. The molecular formula is C14H18F2N2O2. The summed E-state index contributed by atoms with van der Waals surface area (Å²) in [4.78, 5) is 1.54. The van der Waals surface area contributed by atoms with Gasteiger partial charge in [0, 0.05) is 26.8 Å². The molecule has 1 unspecified atom stereocenters. The van der Waals surface area contributed by atoms with Gasteiger partial charge in [-0.15, -0.1) is 0 Å². The zero-order chi connectivity index (χ0) is 15.1. The van der Waals surface area contributed by atoms with Crippen molar-refractivity contribution in [2.75, 3.05) is 38.9 Å². The maximum Gasteiger partial charge on any atom is 0.150 e. The second-order valence-corrected chi connectivity index (χ2v) is 4.39. The van der Waals surface area contributed by atoms with Crippen molar-refractivity contribution in [3.05, 3.63) is 29.3 Å². The van der Waals surface area contributed by atoms with E-state index in [9.17, 15) is 8.78 Å². The molecule has 0 saturated carbocycles. The number of hydrogen-bond donors (Lipinski definition) is 0. The molecule has 0 N–H and O–H groups in total. The lowest BCUT2D eigenvalue weighted by Crippen LogP contribution is -2.39. The normalized spacial score (nSPS) is 12.0. The topological polar surface area (TPSA) is 45.5 Å². The number of anilines is 1. The molecule has 20 heavy (non-hydrogen) atoms. The first kappa shape index (κ1) is 16.3. The summed E-state index contributed by atoms with van der Waals surface area (Å²) in [5.41, 5.74) is -0.208. The van der Waals surface area contributed by atoms with E-state index in [4.69, 9.17) is 14.7 Å². The number of methoxy groups -OCH3 is 2. The summed E-state index contributed by atoms with van der Waals surface area (Å²) in [7, 11) is 3.04. The lowest BCUT2D eigenvalue weighted by molar-refractivity contribution is 0.170. The lowest BCUT2D eigenvalue weighted by atomic mass is 10.1. The van der Waals surface area contributed by atoms with Gasteiger partial charge in [0.15, 0.2) is 11.6 Å². The molecule has 0 heterocycles. The van der Waals surface area contributed by atoms with E-state index in [1.807, 2.05) is 0 Å². The van der Waals surface area contributed by atoms with Crippen LogP contribution in [0, 0.1) is 23.0 Å². The average molecular weight is 284 g/mol.